The first-order valence-corrected chi connectivity index (χ1v) is 15.4. The van der Waals surface area contributed by atoms with Crippen LogP contribution in [0.5, 0.6) is 0 Å². The first-order chi connectivity index (χ1) is 18.4. The van der Waals surface area contributed by atoms with Crippen LogP contribution in [0.3, 0.4) is 0 Å². The van der Waals surface area contributed by atoms with E-state index in [0.717, 1.165) is 33.3 Å². The molecule has 0 saturated heterocycles. The van der Waals surface area contributed by atoms with Crippen LogP contribution in [0.1, 0.15) is 34.4 Å². The monoisotopic (exact) mass is 563 g/mol. The zero-order chi connectivity index (χ0) is 28.2. The molecule has 0 spiro atoms. The molecule has 1 aliphatic heterocycles. The molecule has 0 radical (unpaired) electrons. The van der Waals surface area contributed by atoms with Crippen LogP contribution in [0.15, 0.2) is 94.7 Å². The summed E-state index contributed by atoms with van der Waals surface area (Å²) in [4.78, 5) is 13.6. The molecule has 5 rings (SSSR count). The fourth-order valence-corrected chi connectivity index (χ4v) is 9.32. The Kier molecular flexibility index (Phi) is 6.65. The molecule has 0 aromatic heterocycles. The van der Waals surface area contributed by atoms with E-state index in [1.54, 1.807) is 36.4 Å². The molecule has 0 amide bonds. The summed E-state index contributed by atoms with van der Waals surface area (Å²) in [7, 11) is -7.53. The van der Waals surface area contributed by atoms with E-state index in [1.165, 1.54) is 31.2 Å². The van der Waals surface area contributed by atoms with Crippen molar-refractivity contribution < 1.29 is 26.4 Å². The van der Waals surface area contributed by atoms with Crippen LogP contribution < -0.4 is 0 Å². The van der Waals surface area contributed by atoms with Crippen molar-refractivity contribution in [2.75, 3.05) is 7.11 Å². The summed E-state index contributed by atoms with van der Waals surface area (Å²) < 4.78 is 63.4. The third kappa shape index (κ3) is 4.34. The number of benzene rings is 4. The first kappa shape index (κ1) is 27.1. The smallest absolute Gasteiger partial charge is 0.328 e. The summed E-state index contributed by atoms with van der Waals surface area (Å²) in [6.45, 7) is 4.81. The fraction of sp³-hybridized carbons (Fsp3) is 0.233. The molecule has 7 nitrogen and oxygen atoms in total. The van der Waals surface area contributed by atoms with Gasteiger partial charge in [0.05, 0.1) is 16.9 Å². The van der Waals surface area contributed by atoms with E-state index < -0.39 is 36.6 Å². The Morgan fingerprint density at radius 3 is 1.87 bits per heavy atom. The Morgan fingerprint density at radius 2 is 1.33 bits per heavy atom. The third-order valence-electron chi connectivity index (χ3n) is 7.50. The van der Waals surface area contributed by atoms with Gasteiger partial charge in [0.25, 0.3) is 0 Å². The number of sulfonamides is 1. The van der Waals surface area contributed by atoms with Gasteiger partial charge in [-0.25, -0.2) is 21.6 Å². The number of nitrogens with zero attached hydrogens (tertiary/aromatic N) is 1. The second kappa shape index (κ2) is 9.59. The number of carbonyl (C=O) groups is 1. The minimum atomic E-state index is -4.35. The highest BCUT2D eigenvalue weighted by Gasteiger charge is 2.61. The largest absolute Gasteiger partial charge is 0.468 e. The number of sulfone groups is 1. The van der Waals surface area contributed by atoms with Crippen LogP contribution in [-0.4, -0.2) is 39.8 Å². The maximum Gasteiger partial charge on any atom is 0.328 e. The van der Waals surface area contributed by atoms with E-state index in [2.05, 4.69) is 0 Å². The Bertz CT molecular complexity index is 1800. The van der Waals surface area contributed by atoms with Crippen molar-refractivity contribution in [3.63, 3.8) is 0 Å². The van der Waals surface area contributed by atoms with E-state index >= 15 is 0 Å². The maximum absolute atomic E-state index is 14.5. The molecule has 4 aromatic rings. The Labute approximate surface area is 229 Å². The van der Waals surface area contributed by atoms with Gasteiger partial charge in [-0.3, -0.25) is 0 Å². The second-order valence-corrected chi connectivity index (χ2v) is 14.0. The van der Waals surface area contributed by atoms with Crippen LogP contribution in [0.4, 0.5) is 0 Å². The molecular weight excluding hydrogens is 534 g/mol. The van der Waals surface area contributed by atoms with E-state index in [9.17, 15) is 21.6 Å². The zero-order valence-corrected chi connectivity index (χ0v) is 23.7. The molecule has 2 atom stereocenters. The molecule has 0 N–H and O–H groups in total. The van der Waals surface area contributed by atoms with Gasteiger partial charge in [-0.1, -0.05) is 59.7 Å². The van der Waals surface area contributed by atoms with Gasteiger partial charge in [-0.15, -0.1) is 0 Å². The summed E-state index contributed by atoms with van der Waals surface area (Å²) in [5.41, 5.74) is 0.490. The maximum atomic E-state index is 14.5. The van der Waals surface area contributed by atoms with Crippen LogP contribution >= 0.6 is 0 Å². The molecule has 9 heteroatoms. The van der Waals surface area contributed by atoms with Gasteiger partial charge in [0.2, 0.25) is 10.0 Å². The molecule has 0 saturated carbocycles. The quantitative estimate of drug-likeness (QED) is 0.313. The normalized spacial score (nSPS) is 19.9. The number of ether oxygens (including phenoxy) is 1. The molecule has 4 aromatic carbocycles. The molecule has 1 aliphatic rings. The van der Waals surface area contributed by atoms with Crippen molar-refractivity contribution in [1.29, 1.82) is 0 Å². The highest BCUT2D eigenvalue weighted by atomic mass is 32.2. The van der Waals surface area contributed by atoms with Gasteiger partial charge in [-0.05, 0) is 79.1 Å². The molecule has 1 unspecified atom stereocenters. The lowest BCUT2D eigenvalue weighted by Gasteiger charge is -2.46. The number of aryl methyl sites for hydroxylation is 2. The van der Waals surface area contributed by atoms with E-state index in [1.807, 2.05) is 38.1 Å². The van der Waals surface area contributed by atoms with Gasteiger partial charge in [0, 0.05) is 6.54 Å². The molecule has 0 fully saturated rings. The lowest BCUT2D eigenvalue weighted by atomic mass is 9.84. The summed E-state index contributed by atoms with van der Waals surface area (Å²) in [5, 5.41) is 0.0354. The lowest BCUT2D eigenvalue weighted by Crippen LogP contribution is -2.62. The van der Waals surface area contributed by atoms with Crippen LogP contribution in [-0.2, 0) is 35.9 Å². The number of carbonyl (C=O) groups excluding carboxylic acids is 1. The lowest BCUT2D eigenvalue weighted by molar-refractivity contribution is -0.152. The predicted octanol–water partition coefficient (Wildman–Crippen LogP) is 5.11. The van der Waals surface area contributed by atoms with Crippen molar-refractivity contribution in [1.82, 2.24) is 4.31 Å². The third-order valence-corrected chi connectivity index (χ3v) is 11.7. The number of hydrogen-bond acceptors (Lipinski definition) is 6. The van der Waals surface area contributed by atoms with Gasteiger partial charge in [-0.2, -0.15) is 4.31 Å². The standard InChI is InChI=1S/C30H29NO6S2/c1-20-9-13-25(14-10-20)38(33,34)28-27-18-23-8-6-5-7-22(23)17-24(27)19-31(30(28,3)29(32)37-4)39(35,36)26-15-11-21(2)12-16-26/h5-18,28H,19H2,1-4H3/t28?,30-/m1/s1. The van der Waals surface area contributed by atoms with Gasteiger partial charge < -0.3 is 4.74 Å². The van der Waals surface area contributed by atoms with Gasteiger partial charge in [0.15, 0.2) is 15.4 Å². The average molecular weight is 564 g/mol. The van der Waals surface area contributed by atoms with E-state index in [0.29, 0.717) is 11.1 Å². The molecule has 1 heterocycles. The summed E-state index contributed by atoms with van der Waals surface area (Å²) >= 11 is 0. The Balaban J connectivity index is 1.86. The molecule has 0 aliphatic carbocycles. The number of hydrogen-bond donors (Lipinski definition) is 0. The van der Waals surface area contributed by atoms with E-state index in [-0.39, 0.29) is 16.3 Å². The van der Waals surface area contributed by atoms with Crippen molar-refractivity contribution in [2.24, 2.45) is 0 Å². The van der Waals surface area contributed by atoms with Crippen LogP contribution in [0.25, 0.3) is 10.8 Å². The highest BCUT2D eigenvalue weighted by Crippen LogP contribution is 2.50. The predicted molar refractivity (Wildman–Crippen MR) is 149 cm³/mol. The molecular formula is C30H29NO6S2. The summed E-state index contributed by atoms with van der Waals surface area (Å²) in [6.07, 6.45) is 0. The van der Waals surface area contributed by atoms with Crippen molar-refractivity contribution in [3.05, 3.63) is 107 Å². The summed E-state index contributed by atoms with van der Waals surface area (Å²) in [5.74, 6) is -0.960. The SMILES string of the molecule is COC(=O)[C@@]1(C)C(S(=O)(=O)c2ccc(C)cc2)c2cc3ccccc3cc2CN1S(=O)(=O)c1ccc(C)cc1. The Hall–Kier alpha value is -3.53. The number of rotatable bonds is 5. The zero-order valence-electron chi connectivity index (χ0n) is 22.1. The summed E-state index contributed by atoms with van der Waals surface area (Å²) in [6, 6.07) is 23.5. The van der Waals surface area contributed by atoms with Crippen molar-refractivity contribution in [3.8, 4) is 0 Å². The number of methoxy groups -OCH3 is 1. The Morgan fingerprint density at radius 1 is 0.821 bits per heavy atom. The van der Waals surface area contributed by atoms with Gasteiger partial charge >= 0.3 is 5.97 Å². The van der Waals surface area contributed by atoms with Crippen LogP contribution in [0, 0.1) is 13.8 Å². The fourth-order valence-electron chi connectivity index (χ4n) is 5.36. The van der Waals surface area contributed by atoms with Gasteiger partial charge in [0.1, 0.15) is 5.25 Å². The highest BCUT2D eigenvalue weighted by molar-refractivity contribution is 7.92. The van der Waals surface area contributed by atoms with Crippen molar-refractivity contribution >= 4 is 36.6 Å². The molecule has 0 bridgehead atoms. The van der Waals surface area contributed by atoms with E-state index in [4.69, 9.17) is 4.74 Å². The second-order valence-electron chi connectivity index (χ2n) is 10.1. The minimum Gasteiger partial charge on any atom is -0.468 e. The molecule has 39 heavy (non-hydrogen) atoms. The number of esters is 1. The first-order valence-electron chi connectivity index (χ1n) is 12.4. The molecule has 202 valence electrons. The number of fused-ring (bicyclic) bond motifs is 2. The van der Waals surface area contributed by atoms with Crippen molar-refractivity contribution in [2.45, 2.75) is 47.9 Å². The van der Waals surface area contributed by atoms with Crippen LogP contribution in [0.2, 0.25) is 0 Å². The average Bonchev–Trinajstić information content (AvgIpc) is 2.91. The minimum absolute atomic E-state index is 0.0121. The topological polar surface area (TPSA) is 97.8 Å².